The molecule has 0 amide bonds. The molecule has 0 bridgehead atoms. The molecular weight excluding hydrogens is 274 g/mol. The van der Waals surface area contributed by atoms with Gasteiger partial charge in [-0.15, -0.1) is 12.4 Å². The maximum Gasteiger partial charge on any atom is 0.121 e. The van der Waals surface area contributed by atoms with Crippen molar-refractivity contribution in [2.24, 2.45) is 0 Å². The molecule has 4 heteroatoms. The van der Waals surface area contributed by atoms with Crippen LogP contribution in [0.25, 0.3) is 0 Å². The topological polar surface area (TPSA) is 21.7 Å². The Bertz CT molecular complexity index is 425. The summed E-state index contributed by atoms with van der Waals surface area (Å²) in [5.41, 5.74) is 1.28. The normalized spacial score (nSPS) is 25.6. The molecule has 0 spiro atoms. The number of anilines is 1. The van der Waals surface area contributed by atoms with Gasteiger partial charge in [0.1, 0.15) is 5.75 Å². The van der Waals surface area contributed by atoms with Gasteiger partial charge in [-0.05, 0) is 31.9 Å². The standard InChI is InChI=1S/C16H23NO2.ClH/c1-2-18-14-7-5-6-13(12-14)17-10-11-19-16-9-4-3-8-15(16)17;/h5-7,12,15-16H,2-4,8-11H2,1H3;1H. The Kier molecular flexibility index (Phi) is 5.55. The van der Waals surface area contributed by atoms with Crippen LogP contribution >= 0.6 is 12.4 Å². The molecule has 1 aliphatic heterocycles. The molecule has 0 aromatic heterocycles. The van der Waals surface area contributed by atoms with Crippen molar-refractivity contribution in [1.29, 1.82) is 0 Å². The molecule has 1 aromatic carbocycles. The highest BCUT2D eigenvalue weighted by Gasteiger charge is 2.34. The Labute approximate surface area is 127 Å². The molecule has 2 unspecified atom stereocenters. The van der Waals surface area contributed by atoms with E-state index in [0.29, 0.717) is 12.1 Å². The molecule has 1 heterocycles. The molecule has 0 radical (unpaired) electrons. The number of hydrogen-bond acceptors (Lipinski definition) is 3. The van der Waals surface area contributed by atoms with Crippen LogP contribution in [-0.2, 0) is 4.74 Å². The van der Waals surface area contributed by atoms with E-state index in [1.807, 2.05) is 13.0 Å². The number of ether oxygens (including phenoxy) is 2. The van der Waals surface area contributed by atoms with Gasteiger partial charge >= 0.3 is 0 Å². The predicted octanol–water partition coefficient (Wildman–Crippen LogP) is 3.65. The van der Waals surface area contributed by atoms with Crippen molar-refractivity contribution in [1.82, 2.24) is 0 Å². The molecule has 2 atom stereocenters. The Hall–Kier alpha value is -0.930. The molecule has 112 valence electrons. The van der Waals surface area contributed by atoms with E-state index < -0.39 is 0 Å². The minimum atomic E-state index is 0. The Morgan fingerprint density at radius 3 is 3.00 bits per heavy atom. The summed E-state index contributed by atoms with van der Waals surface area (Å²) in [6.45, 7) is 4.59. The molecule has 3 nitrogen and oxygen atoms in total. The second-order valence-corrected chi connectivity index (χ2v) is 5.38. The van der Waals surface area contributed by atoms with Crippen molar-refractivity contribution in [3.05, 3.63) is 24.3 Å². The fraction of sp³-hybridized carbons (Fsp3) is 0.625. The molecule has 0 N–H and O–H groups in total. The molecule has 3 rings (SSSR count). The van der Waals surface area contributed by atoms with Gasteiger partial charge in [-0.2, -0.15) is 0 Å². The first-order valence-electron chi connectivity index (χ1n) is 7.49. The minimum Gasteiger partial charge on any atom is -0.494 e. The summed E-state index contributed by atoms with van der Waals surface area (Å²) in [6.07, 6.45) is 5.54. The van der Waals surface area contributed by atoms with Crippen LogP contribution in [0, 0.1) is 0 Å². The van der Waals surface area contributed by atoms with Crippen LogP contribution in [0.4, 0.5) is 5.69 Å². The van der Waals surface area contributed by atoms with E-state index in [-0.39, 0.29) is 12.4 Å². The zero-order chi connectivity index (χ0) is 13.1. The Morgan fingerprint density at radius 2 is 2.15 bits per heavy atom. The minimum absolute atomic E-state index is 0. The van der Waals surface area contributed by atoms with Gasteiger partial charge in [0.05, 0.1) is 25.4 Å². The maximum atomic E-state index is 5.94. The molecule has 2 aliphatic rings. The van der Waals surface area contributed by atoms with Crippen LogP contribution < -0.4 is 9.64 Å². The lowest BCUT2D eigenvalue weighted by Gasteiger charge is -2.45. The van der Waals surface area contributed by atoms with Gasteiger partial charge in [0.2, 0.25) is 0 Å². The van der Waals surface area contributed by atoms with Gasteiger partial charge in [0.15, 0.2) is 0 Å². The highest BCUT2D eigenvalue weighted by molar-refractivity contribution is 5.85. The fourth-order valence-electron chi connectivity index (χ4n) is 3.34. The predicted molar refractivity (Wildman–Crippen MR) is 84.2 cm³/mol. The highest BCUT2D eigenvalue weighted by atomic mass is 35.5. The van der Waals surface area contributed by atoms with Gasteiger partial charge in [-0.3, -0.25) is 0 Å². The third-order valence-electron chi connectivity index (χ3n) is 4.19. The van der Waals surface area contributed by atoms with Crippen molar-refractivity contribution in [2.75, 3.05) is 24.7 Å². The lowest BCUT2D eigenvalue weighted by atomic mass is 9.90. The average molecular weight is 298 g/mol. The Morgan fingerprint density at radius 1 is 1.30 bits per heavy atom. The van der Waals surface area contributed by atoms with Gasteiger partial charge in [-0.1, -0.05) is 18.9 Å². The fourth-order valence-corrected chi connectivity index (χ4v) is 3.34. The van der Waals surface area contributed by atoms with E-state index in [9.17, 15) is 0 Å². The summed E-state index contributed by atoms with van der Waals surface area (Å²) >= 11 is 0. The number of fused-ring (bicyclic) bond motifs is 1. The quantitative estimate of drug-likeness (QED) is 0.850. The van der Waals surface area contributed by atoms with Gasteiger partial charge in [0.25, 0.3) is 0 Å². The first-order chi connectivity index (χ1) is 9.38. The second kappa shape index (κ2) is 7.19. The number of benzene rings is 1. The molecular formula is C16H24ClNO2. The maximum absolute atomic E-state index is 5.94. The zero-order valence-corrected chi connectivity index (χ0v) is 12.9. The number of rotatable bonds is 3. The number of halogens is 1. The van der Waals surface area contributed by atoms with Crippen LogP contribution in [-0.4, -0.2) is 31.9 Å². The van der Waals surface area contributed by atoms with Crippen LogP contribution in [0.3, 0.4) is 0 Å². The molecule has 2 fully saturated rings. The average Bonchev–Trinajstić information content (AvgIpc) is 2.47. The van der Waals surface area contributed by atoms with Crippen LogP contribution in [0.5, 0.6) is 5.75 Å². The van der Waals surface area contributed by atoms with E-state index in [1.165, 1.54) is 31.4 Å². The van der Waals surface area contributed by atoms with E-state index in [1.54, 1.807) is 0 Å². The number of hydrogen-bond donors (Lipinski definition) is 0. The van der Waals surface area contributed by atoms with Crippen molar-refractivity contribution in [2.45, 2.75) is 44.8 Å². The summed E-state index contributed by atoms with van der Waals surface area (Å²) in [6, 6.07) is 9.04. The van der Waals surface area contributed by atoms with Gasteiger partial charge in [0, 0.05) is 18.3 Å². The largest absolute Gasteiger partial charge is 0.494 e. The zero-order valence-electron chi connectivity index (χ0n) is 12.1. The van der Waals surface area contributed by atoms with Crippen molar-refractivity contribution >= 4 is 18.1 Å². The third kappa shape index (κ3) is 3.21. The first-order valence-corrected chi connectivity index (χ1v) is 7.49. The van der Waals surface area contributed by atoms with E-state index in [0.717, 1.165) is 25.5 Å². The summed E-state index contributed by atoms with van der Waals surface area (Å²) in [4.78, 5) is 2.52. The summed E-state index contributed by atoms with van der Waals surface area (Å²) in [7, 11) is 0. The molecule has 1 saturated heterocycles. The molecule has 20 heavy (non-hydrogen) atoms. The van der Waals surface area contributed by atoms with Crippen molar-refractivity contribution in [3.8, 4) is 5.75 Å². The monoisotopic (exact) mass is 297 g/mol. The first kappa shape index (κ1) is 15.5. The van der Waals surface area contributed by atoms with Crippen molar-refractivity contribution in [3.63, 3.8) is 0 Å². The number of morpholine rings is 1. The molecule has 1 aromatic rings. The van der Waals surface area contributed by atoms with E-state index >= 15 is 0 Å². The molecule has 1 saturated carbocycles. The van der Waals surface area contributed by atoms with Crippen LogP contribution in [0.2, 0.25) is 0 Å². The van der Waals surface area contributed by atoms with Crippen LogP contribution in [0.1, 0.15) is 32.6 Å². The summed E-state index contributed by atoms with van der Waals surface area (Å²) in [5.74, 6) is 0.971. The Balaban J connectivity index is 0.00000147. The van der Waals surface area contributed by atoms with Gasteiger partial charge in [-0.25, -0.2) is 0 Å². The van der Waals surface area contributed by atoms with Crippen molar-refractivity contribution < 1.29 is 9.47 Å². The number of nitrogens with zero attached hydrogens (tertiary/aromatic N) is 1. The SMILES string of the molecule is CCOc1cccc(N2CCOC3CCCCC32)c1.Cl. The molecule has 1 aliphatic carbocycles. The third-order valence-corrected chi connectivity index (χ3v) is 4.19. The lowest BCUT2D eigenvalue weighted by Crippen LogP contribution is -2.52. The van der Waals surface area contributed by atoms with E-state index in [4.69, 9.17) is 9.47 Å². The second-order valence-electron chi connectivity index (χ2n) is 5.38. The lowest BCUT2D eigenvalue weighted by molar-refractivity contribution is -0.00869. The van der Waals surface area contributed by atoms with Crippen LogP contribution in [0.15, 0.2) is 24.3 Å². The highest BCUT2D eigenvalue weighted by Crippen LogP contribution is 2.33. The smallest absolute Gasteiger partial charge is 0.121 e. The summed E-state index contributed by atoms with van der Waals surface area (Å²) < 4.78 is 11.6. The van der Waals surface area contributed by atoms with E-state index in [2.05, 4.69) is 23.1 Å². The van der Waals surface area contributed by atoms with Gasteiger partial charge < -0.3 is 14.4 Å². The summed E-state index contributed by atoms with van der Waals surface area (Å²) in [5, 5.41) is 0.